The molecule has 0 aliphatic carbocycles. The topological polar surface area (TPSA) is 68.0 Å². The molecule has 0 bridgehead atoms. The lowest BCUT2D eigenvalue weighted by molar-refractivity contribution is -0.114. The Morgan fingerprint density at radius 1 is 1.23 bits per heavy atom. The van der Waals surface area contributed by atoms with E-state index in [-0.39, 0.29) is 24.9 Å². The predicted molar refractivity (Wildman–Crippen MR) is 94.7 cm³/mol. The van der Waals surface area contributed by atoms with Crippen molar-refractivity contribution >= 4 is 45.6 Å². The number of rotatable bonds is 3. The number of thiazole rings is 1. The molecule has 114 valence electrons. The van der Waals surface area contributed by atoms with Gasteiger partial charge >= 0.3 is 0 Å². The number of aromatic nitrogens is 1. The van der Waals surface area contributed by atoms with E-state index in [9.17, 15) is 4.79 Å². The molecule has 3 aromatic rings. The molecular weight excluding hydrogens is 318 g/mol. The molecular formula is C16H16ClN3OS. The van der Waals surface area contributed by atoms with E-state index < -0.39 is 0 Å². The first-order chi connectivity index (χ1) is 10.2. The normalized spacial score (nSPS) is 10.3. The predicted octanol–water partition coefficient (Wildman–Crippen LogP) is 3.59. The van der Waals surface area contributed by atoms with E-state index in [1.807, 2.05) is 30.3 Å². The second-order valence-electron chi connectivity index (χ2n) is 4.82. The zero-order chi connectivity index (χ0) is 14.8. The van der Waals surface area contributed by atoms with Crippen LogP contribution in [0.2, 0.25) is 0 Å². The van der Waals surface area contributed by atoms with Crippen molar-refractivity contribution in [2.75, 3.05) is 11.9 Å². The molecule has 0 atom stereocenters. The van der Waals surface area contributed by atoms with Crippen LogP contribution in [0.1, 0.15) is 5.56 Å². The second kappa shape index (κ2) is 6.87. The number of hydrogen-bond acceptors (Lipinski definition) is 4. The molecule has 2 aromatic carbocycles. The fraction of sp³-hybridized carbons (Fsp3) is 0.125. The Morgan fingerprint density at radius 3 is 2.64 bits per heavy atom. The highest BCUT2D eigenvalue weighted by atomic mass is 35.5. The molecule has 0 aliphatic rings. The van der Waals surface area contributed by atoms with Crippen LogP contribution in [0, 0.1) is 6.92 Å². The van der Waals surface area contributed by atoms with E-state index >= 15 is 0 Å². The van der Waals surface area contributed by atoms with Crippen LogP contribution in [-0.2, 0) is 4.79 Å². The highest BCUT2D eigenvalue weighted by Crippen LogP contribution is 2.31. The fourth-order valence-electron chi connectivity index (χ4n) is 2.06. The molecule has 0 aliphatic heterocycles. The van der Waals surface area contributed by atoms with Crippen LogP contribution in [0.4, 0.5) is 5.69 Å². The Morgan fingerprint density at radius 2 is 1.95 bits per heavy atom. The van der Waals surface area contributed by atoms with Gasteiger partial charge in [-0.15, -0.1) is 23.7 Å². The molecule has 1 heterocycles. The summed E-state index contributed by atoms with van der Waals surface area (Å²) in [6.45, 7) is 2.06. The lowest BCUT2D eigenvalue weighted by Gasteiger charge is -2.03. The van der Waals surface area contributed by atoms with Gasteiger partial charge in [0.1, 0.15) is 5.01 Å². The molecule has 0 spiro atoms. The van der Waals surface area contributed by atoms with Gasteiger partial charge in [-0.3, -0.25) is 4.79 Å². The van der Waals surface area contributed by atoms with Crippen molar-refractivity contribution in [1.29, 1.82) is 0 Å². The smallest absolute Gasteiger partial charge is 0.238 e. The quantitative estimate of drug-likeness (QED) is 0.769. The van der Waals surface area contributed by atoms with Crippen molar-refractivity contribution < 1.29 is 4.79 Å². The largest absolute Gasteiger partial charge is 0.325 e. The Hall–Kier alpha value is -1.95. The number of benzene rings is 2. The molecule has 3 rings (SSSR count). The SMILES string of the molecule is Cc1ccc2nc(-c3ccc(NC(=O)CN)cc3)sc2c1.Cl. The maximum atomic E-state index is 11.2. The van der Waals surface area contributed by atoms with Crippen molar-refractivity contribution in [2.24, 2.45) is 5.73 Å². The van der Waals surface area contributed by atoms with E-state index in [1.54, 1.807) is 11.3 Å². The molecule has 22 heavy (non-hydrogen) atoms. The minimum absolute atomic E-state index is 0. The zero-order valence-electron chi connectivity index (χ0n) is 12.0. The first kappa shape index (κ1) is 16.4. The lowest BCUT2D eigenvalue weighted by Crippen LogP contribution is -2.21. The van der Waals surface area contributed by atoms with Crippen LogP contribution in [0.15, 0.2) is 42.5 Å². The maximum absolute atomic E-state index is 11.2. The van der Waals surface area contributed by atoms with Crippen LogP contribution < -0.4 is 11.1 Å². The van der Waals surface area contributed by atoms with Gasteiger partial charge in [-0.1, -0.05) is 6.07 Å². The van der Waals surface area contributed by atoms with Crippen LogP contribution in [0.3, 0.4) is 0 Å². The zero-order valence-corrected chi connectivity index (χ0v) is 13.6. The van der Waals surface area contributed by atoms with Gasteiger partial charge in [-0.2, -0.15) is 0 Å². The Kier molecular flexibility index (Phi) is 5.13. The minimum Gasteiger partial charge on any atom is -0.325 e. The van der Waals surface area contributed by atoms with Gasteiger partial charge < -0.3 is 11.1 Å². The van der Waals surface area contributed by atoms with Crippen LogP contribution >= 0.6 is 23.7 Å². The maximum Gasteiger partial charge on any atom is 0.238 e. The fourth-order valence-corrected chi connectivity index (χ4v) is 3.13. The standard InChI is InChI=1S/C16H15N3OS.ClH/c1-10-2-7-13-14(8-10)21-16(19-13)11-3-5-12(6-4-11)18-15(20)9-17;/h2-8H,9,17H2,1H3,(H,18,20);1H. The Labute approximate surface area is 138 Å². The number of nitrogens with zero attached hydrogens (tertiary/aromatic N) is 1. The van der Waals surface area contributed by atoms with E-state index in [0.717, 1.165) is 21.8 Å². The molecule has 6 heteroatoms. The molecule has 3 N–H and O–H groups in total. The summed E-state index contributed by atoms with van der Waals surface area (Å²) < 4.78 is 1.19. The monoisotopic (exact) mass is 333 g/mol. The van der Waals surface area contributed by atoms with Crippen LogP contribution in [0.5, 0.6) is 0 Å². The number of anilines is 1. The molecule has 0 saturated carbocycles. The highest BCUT2D eigenvalue weighted by molar-refractivity contribution is 7.21. The van der Waals surface area contributed by atoms with E-state index in [2.05, 4.69) is 29.4 Å². The number of aryl methyl sites for hydroxylation is 1. The third-order valence-electron chi connectivity index (χ3n) is 3.14. The Bertz CT molecular complexity index is 799. The number of amides is 1. The summed E-state index contributed by atoms with van der Waals surface area (Å²) >= 11 is 1.67. The summed E-state index contributed by atoms with van der Waals surface area (Å²) in [6.07, 6.45) is 0. The van der Waals surface area contributed by atoms with Crippen molar-refractivity contribution in [2.45, 2.75) is 6.92 Å². The van der Waals surface area contributed by atoms with Gasteiger partial charge in [0, 0.05) is 11.3 Å². The molecule has 4 nitrogen and oxygen atoms in total. The van der Waals surface area contributed by atoms with Crippen LogP contribution in [-0.4, -0.2) is 17.4 Å². The number of fused-ring (bicyclic) bond motifs is 1. The minimum atomic E-state index is -0.196. The summed E-state index contributed by atoms with van der Waals surface area (Å²) in [7, 11) is 0. The van der Waals surface area contributed by atoms with E-state index in [0.29, 0.717) is 0 Å². The number of halogens is 1. The van der Waals surface area contributed by atoms with Gasteiger partial charge in [0.15, 0.2) is 0 Å². The lowest BCUT2D eigenvalue weighted by atomic mass is 10.2. The first-order valence-corrected chi connectivity index (χ1v) is 7.45. The molecule has 0 unspecified atom stereocenters. The summed E-state index contributed by atoms with van der Waals surface area (Å²) in [6, 6.07) is 13.9. The van der Waals surface area contributed by atoms with Crippen molar-refractivity contribution in [3.8, 4) is 10.6 Å². The average molecular weight is 334 g/mol. The van der Waals surface area contributed by atoms with Gasteiger partial charge in [0.05, 0.1) is 16.8 Å². The van der Waals surface area contributed by atoms with Crippen LogP contribution in [0.25, 0.3) is 20.8 Å². The summed E-state index contributed by atoms with van der Waals surface area (Å²) in [5, 5.41) is 3.70. The van der Waals surface area contributed by atoms with Gasteiger partial charge in [-0.05, 0) is 48.9 Å². The molecule has 0 fully saturated rings. The highest BCUT2D eigenvalue weighted by Gasteiger charge is 2.07. The molecule has 0 radical (unpaired) electrons. The number of nitrogens with one attached hydrogen (secondary N) is 1. The summed E-state index contributed by atoms with van der Waals surface area (Å²) in [5.41, 5.74) is 9.31. The second-order valence-corrected chi connectivity index (χ2v) is 5.85. The third kappa shape index (κ3) is 3.44. The molecule has 0 saturated heterocycles. The summed E-state index contributed by atoms with van der Waals surface area (Å²) in [5.74, 6) is -0.196. The number of carbonyl (C=O) groups is 1. The van der Waals surface area contributed by atoms with Gasteiger partial charge in [0.2, 0.25) is 5.91 Å². The first-order valence-electron chi connectivity index (χ1n) is 6.63. The van der Waals surface area contributed by atoms with Gasteiger partial charge in [-0.25, -0.2) is 4.98 Å². The average Bonchev–Trinajstić information content (AvgIpc) is 2.90. The number of nitrogens with two attached hydrogens (primary N) is 1. The Balaban J connectivity index is 0.00000176. The van der Waals surface area contributed by atoms with Crippen molar-refractivity contribution in [1.82, 2.24) is 4.98 Å². The summed E-state index contributed by atoms with van der Waals surface area (Å²) in [4.78, 5) is 15.9. The number of carbonyl (C=O) groups excluding carboxylic acids is 1. The van der Waals surface area contributed by atoms with E-state index in [4.69, 9.17) is 5.73 Å². The van der Waals surface area contributed by atoms with Gasteiger partial charge in [0.25, 0.3) is 0 Å². The molecule has 1 aromatic heterocycles. The van der Waals surface area contributed by atoms with Crippen molar-refractivity contribution in [3.63, 3.8) is 0 Å². The van der Waals surface area contributed by atoms with E-state index in [1.165, 1.54) is 10.3 Å². The van der Waals surface area contributed by atoms with Crippen molar-refractivity contribution in [3.05, 3.63) is 48.0 Å². The molecule has 1 amide bonds. The third-order valence-corrected chi connectivity index (χ3v) is 4.21. The number of hydrogen-bond donors (Lipinski definition) is 2.